The molecular weight excluding hydrogens is 406 g/mol. The van der Waals surface area contributed by atoms with Gasteiger partial charge in [-0.1, -0.05) is 18.2 Å². The first-order valence-corrected chi connectivity index (χ1v) is 11.2. The monoisotopic (exact) mass is 439 g/mol. The third-order valence-electron chi connectivity index (χ3n) is 5.30. The first kappa shape index (κ1) is 23.6. The molecule has 1 unspecified atom stereocenters. The Kier molecular flexibility index (Phi) is 9.35. The van der Waals surface area contributed by atoms with Gasteiger partial charge in [-0.05, 0) is 44.2 Å². The second-order valence-electron chi connectivity index (χ2n) is 7.66. The summed E-state index contributed by atoms with van der Waals surface area (Å²) in [7, 11) is 1.75. The van der Waals surface area contributed by atoms with E-state index in [4.69, 9.17) is 15.2 Å². The molecule has 0 amide bonds. The number of nitrogen functional groups attached to an aromatic ring is 1. The molecule has 0 saturated carbocycles. The topological polar surface area (TPSA) is 123 Å². The van der Waals surface area contributed by atoms with Crippen molar-refractivity contribution in [2.24, 2.45) is 4.99 Å². The van der Waals surface area contributed by atoms with Crippen LogP contribution in [0.15, 0.2) is 35.3 Å². The van der Waals surface area contributed by atoms with E-state index in [9.17, 15) is 5.26 Å². The molecule has 2 aromatic rings. The zero-order chi connectivity index (χ0) is 22.6. The Balaban J connectivity index is 1.36. The first-order chi connectivity index (χ1) is 15.7. The molecule has 9 nitrogen and oxygen atoms in total. The van der Waals surface area contributed by atoms with Gasteiger partial charge in [0.1, 0.15) is 17.5 Å². The molecule has 0 spiro atoms. The van der Waals surface area contributed by atoms with E-state index in [0.717, 1.165) is 50.5 Å². The van der Waals surface area contributed by atoms with Gasteiger partial charge in [0.05, 0.1) is 24.1 Å². The van der Waals surface area contributed by atoms with Crippen LogP contribution in [0.4, 0.5) is 5.82 Å². The molecule has 1 fully saturated rings. The second kappa shape index (κ2) is 12.7. The van der Waals surface area contributed by atoms with E-state index >= 15 is 0 Å². The van der Waals surface area contributed by atoms with Gasteiger partial charge in [-0.2, -0.15) is 10.4 Å². The average Bonchev–Trinajstić information content (AvgIpc) is 3.45. The number of hydrogen-bond donors (Lipinski definition) is 3. The van der Waals surface area contributed by atoms with E-state index in [2.05, 4.69) is 26.8 Å². The lowest BCUT2D eigenvalue weighted by molar-refractivity contribution is 0.0168. The van der Waals surface area contributed by atoms with Crippen LogP contribution in [0.25, 0.3) is 5.69 Å². The van der Waals surface area contributed by atoms with Crippen molar-refractivity contribution in [3.63, 3.8) is 0 Å². The molecule has 9 heteroatoms. The van der Waals surface area contributed by atoms with Crippen molar-refractivity contribution in [2.75, 3.05) is 45.7 Å². The number of aliphatic imine (C=N–C) groups is 1. The molecule has 1 saturated heterocycles. The second-order valence-corrected chi connectivity index (χ2v) is 7.66. The van der Waals surface area contributed by atoms with Crippen LogP contribution in [-0.2, 0) is 15.9 Å². The molecule has 0 bridgehead atoms. The molecule has 1 aliphatic heterocycles. The van der Waals surface area contributed by atoms with Crippen LogP contribution in [0.3, 0.4) is 0 Å². The van der Waals surface area contributed by atoms with E-state index < -0.39 is 0 Å². The van der Waals surface area contributed by atoms with Gasteiger partial charge in [-0.25, -0.2) is 4.68 Å². The number of benzene rings is 1. The maximum Gasteiger partial charge on any atom is 0.190 e. The Bertz CT molecular complexity index is 899. The number of ether oxygens (including phenoxy) is 2. The highest BCUT2D eigenvalue weighted by Crippen LogP contribution is 2.21. The predicted molar refractivity (Wildman–Crippen MR) is 125 cm³/mol. The van der Waals surface area contributed by atoms with Gasteiger partial charge in [0, 0.05) is 33.4 Å². The summed E-state index contributed by atoms with van der Waals surface area (Å²) in [6, 6.07) is 11.8. The number of aromatic nitrogens is 2. The quantitative estimate of drug-likeness (QED) is 0.278. The Hall–Kier alpha value is -3.09. The highest BCUT2D eigenvalue weighted by Gasteiger charge is 2.16. The van der Waals surface area contributed by atoms with Gasteiger partial charge in [0.15, 0.2) is 5.96 Å². The minimum absolute atomic E-state index is 0.272. The van der Waals surface area contributed by atoms with Crippen LogP contribution in [0.5, 0.6) is 0 Å². The zero-order valence-electron chi connectivity index (χ0n) is 18.7. The van der Waals surface area contributed by atoms with Gasteiger partial charge in [-0.3, -0.25) is 4.99 Å². The highest BCUT2D eigenvalue weighted by molar-refractivity contribution is 5.79. The number of aryl methyl sites for hydroxylation is 1. The van der Waals surface area contributed by atoms with Gasteiger partial charge in [-0.15, -0.1) is 0 Å². The summed E-state index contributed by atoms with van der Waals surface area (Å²) in [5.41, 5.74) is 8.16. The van der Waals surface area contributed by atoms with Crippen LogP contribution >= 0.6 is 0 Å². The van der Waals surface area contributed by atoms with Crippen molar-refractivity contribution in [2.45, 2.75) is 38.2 Å². The van der Waals surface area contributed by atoms with E-state index in [1.54, 1.807) is 11.7 Å². The number of rotatable bonds is 11. The normalized spacial score (nSPS) is 16.1. The van der Waals surface area contributed by atoms with Crippen molar-refractivity contribution < 1.29 is 9.47 Å². The lowest BCUT2D eigenvalue weighted by atomic mass is 10.1. The van der Waals surface area contributed by atoms with E-state index in [1.807, 2.05) is 30.3 Å². The van der Waals surface area contributed by atoms with Crippen molar-refractivity contribution in [1.29, 1.82) is 5.26 Å². The number of nitrogens with one attached hydrogen (secondary N) is 2. The summed E-state index contributed by atoms with van der Waals surface area (Å²) >= 11 is 0. The largest absolute Gasteiger partial charge is 0.382 e. The fraction of sp³-hybridized carbons (Fsp3) is 0.522. The van der Waals surface area contributed by atoms with Gasteiger partial charge in [0.25, 0.3) is 0 Å². The Morgan fingerprint density at radius 1 is 1.31 bits per heavy atom. The summed E-state index contributed by atoms with van der Waals surface area (Å²) in [6.07, 6.45) is 4.85. The summed E-state index contributed by atoms with van der Waals surface area (Å²) in [5.74, 6) is 1.12. The number of para-hydroxylation sites is 1. The number of anilines is 1. The molecule has 1 atom stereocenters. The molecular formula is C23H33N7O2. The molecule has 1 aromatic heterocycles. The van der Waals surface area contributed by atoms with Gasteiger partial charge in [0.2, 0.25) is 0 Å². The third kappa shape index (κ3) is 6.70. The predicted octanol–water partition coefficient (Wildman–Crippen LogP) is 2.01. The lowest BCUT2D eigenvalue weighted by Crippen LogP contribution is -2.38. The van der Waals surface area contributed by atoms with Gasteiger partial charge < -0.3 is 25.8 Å². The van der Waals surface area contributed by atoms with E-state index in [1.165, 1.54) is 0 Å². The first-order valence-electron chi connectivity index (χ1n) is 11.2. The minimum atomic E-state index is 0.272. The highest BCUT2D eigenvalue weighted by atomic mass is 16.5. The fourth-order valence-corrected chi connectivity index (χ4v) is 3.60. The SMILES string of the molecule is CN=C(NCCCOCC1CCCO1)NCCCc1nn(-c2ccccc2)c(N)c1C#N. The van der Waals surface area contributed by atoms with Crippen molar-refractivity contribution >= 4 is 11.8 Å². The number of nitrogens with two attached hydrogens (primary N) is 1. The lowest BCUT2D eigenvalue weighted by Gasteiger charge is -2.13. The Morgan fingerprint density at radius 3 is 2.78 bits per heavy atom. The summed E-state index contributed by atoms with van der Waals surface area (Å²) in [5, 5.41) is 20.7. The molecule has 32 heavy (non-hydrogen) atoms. The Morgan fingerprint density at radius 2 is 2.09 bits per heavy atom. The number of guanidine groups is 1. The number of hydrogen-bond acceptors (Lipinski definition) is 6. The van der Waals surface area contributed by atoms with Crippen LogP contribution in [0.1, 0.15) is 36.9 Å². The smallest absolute Gasteiger partial charge is 0.190 e. The van der Waals surface area contributed by atoms with Crippen molar-refractivity contribution in [3.8, 4) is 11.8 Å². The molecule has 1 aliphatic rings. The molecule has 172 valence electrons. The van der Waals surface area contributed by atoms with Crippen LogP contribution < -0.4 is 16.4 Å². The fourth-order valence-electron chi connectivity index (χ4n) is 3.60. The Labute approximate surface area is 189 Å². The van der Waals surface area contributed by atoms with Crippen molar-refractivity contribution in [3.05, 3.63) is 41.6 Å². The average molecular weight is 440 g/mol. The summed E-state index contributed by atoms with van der Waals surface area (Å²) in [4.78, 5) is 4.25. The molecule has 0 aliphatic carbocycles. The van der Waals surface area contributed by atoms with Crippen LogP contribution in [-0.4, -0.2) is 61.8 Å². The maximum atomic E-state index is 9.52. The molecule has 1 aromatic carbocycles. The van der Waals surface area contributed by atoms with Gasteiger partial charge >= 0.3 is 0 Å². The number of nitrogens with zero attached hydrogens (tertiary/aromatic N) is 4. The van der Waals surface area contributed by atoms with E-state index in [-0.39, 0.29) is 6.10 Å². The standard InChI is InChI=1S/C23H33N7O2/c1-26-23(28-13-7-14-31-17-19-10-6-15-32-19)27-12-5-11-21-20(16-24)22(25)30(29-21)18-8-3-2-4-9-18/h2-4,8-9,19H,5-7,10-15,17,25H2,1H3,(H2,26,27,28). The number of nitriles is 1. The zero-order valence-corrected chi connectivity index (χ0v) is 18.7. The van der Waals surface area contributed by atoms with E-state index in [0.29, 0.717) is 43.3 Å². The van der Waals surface area contributed by atoms with Crippen molar-refractivity contribution in [1.82, 2.24) is 20.4 Å². The minimum Gasteiger partial charge on any atom is -0.382 e. The molecule has 3 rings (SSSR count). The summed E-state index contributed by atoms with van der Waals surface area (Å²) in [6.45, 7) is 3.73. The third-order valence-corrected chi connectivity index (χ3v) is 5.30. The molecule has 2 heterocycles. The maximum absolute atomic E-state index is 9.52. The van der Waals surface area contributed by atoms with Crippen LogP contribution in [0, 0.1) is 11.3 Å². The molecule has 0 radical (unpaired) electrons. The summed E-state index contributed by atoms with van der Waals surface area (Å²) < 4.78 is 12.8. The molecule has 4 N–H and O–H groups in total. The van der Waals surface area contributed by atoms with Crippen LogP contribution in [0.2, 0.25) is 0 Å².